The standard InChI is InChI=1S/C17H16ClNOS/c18-14-8-6-13(7-9-14)17-19-15(11-21-17)10-20-16(19)12-4-2-1-3-5-12/h1-9,15-17H,10-11H2/t15-,16+,17+/m1/s1. The number of hydrogen-bond acceptors (Lipinski definition) is 3. The van der Waals surface area contributed by atoms with Gasteiger partial charge < -0.3 is 4.74 Å². The van der Waals surface area contributed by atoms with Gasteiger partial charge in [-0.1, -0.05) is 54.1 Å². The van der Waals surface area contributed by atoms with E-state index in [1.54, 1.807) is 0 Å². The number of thioether (sulfide) groups is 1. The third kappa shape index (κ3) is 2.49. The van der Waals surface area contributed by atoms with Gasteiger partial charge in [0.2, 0.25) is 0 Å². The number of hydrogen-bond donors (Lipinski definition) is 0. The Morgan fingerprint density at radius 1 is 1.00 bits per heavy atom. The first-order valence-corrected chi connectivity index (χ1v) is 8.56. The monoisotopic (exact) mass is 317 g/mol. The number of ether oxygens (including phenoxy) is 1. The first-order chi connectivity index (χ1) is 10.3. The van der Waals surface area contributed by atoms with Crippen LogP contribution in [-0.4, -0.2) is 23.3 Å². The van der Waals surface area contributed by atoms with Crippen LogP contribution < -0.4 is 0 Å². The van der Waals surface area contributed by atoms with Crippen molar-refractivity contribution in [3.63, 3.8) is 0 Å². The maximum Gasteiger partial charge on any atom is 0.138 e. The molecule has 2 aromatic carbocycles. The molecule has 2 aliphatic rings. The van der Waals surface area contributed by atoms with Crippen LogP contribution in [0.2, 0.25) is 5.02 Å². The Morgan fingerprint density at radius 3 is 2.52 bits per heavy atom. The highest BCUT2D eigenvalue weighted by Crippen LogP contribution is 2.49. The average molecular weight is 318 g/mol. The van der Waals surface area contributed by atoms with Crippen molar-refractivity contribution in [2.75, 3.05) is 12.4 Å². The van der Waals surface area contributed by atoms with Crippen molar-refractivity contribution in [1.29, 1.82) is 0 Å². The summed E-state index contributed by atoms with van der Waals surface area (Å²) in [6.07, 6.45) is 0.0619. The number of fused-ring (bicyclic) bond motifs is 1. The van der Waals surface area contributed by atoms with E-state index in [0.717, 1.165) is 17.4 Å². The minimum atomic E-state index is 0.0619. The fraction of sp³-hybridized carbons (Fsp3) is 0.294. The molecule has 0 amide bonds. The average Bonchev–Trinajstić information content (AvgIpc) is 3.11. The molecule has 0 saturated carbocycles. The molecule has 0 aliphatic carbocycles. The van der Waals surface area contributed by atoms with E-state index in [1.165, 1.54) is 11.1 Å². The second-order valence-electron chi connectivity index (χ2n) is 5.43. The molecule has 2 aliphatic heterocycles. The van der Waals surface area contributed by atoms with E-state index in [2.05, 4.69) is 41.3 Å². The highest BCUT2D eigenvalue weighted by atomic mass is 35.5. The summed E-state index contributed by atoms with van der Waals surface area (Å²) in [5.74, 6) is 1.12. The summed E-state index contributed by atoms with van der Waals surface area (Å²) in [6, 6.07) is 19.2. The van der Waals surface area contributed by atoms with Gasteiger partial charge in [-0.25, -0.2) is 0 Å². The van der Waals surface area contributed by atoms with Crippen molar-refractivity contribution in [3.05, 3.63) is 70.7 Å². The van der Waals surface area contributed by atoms with Gasteiger partial charge in [-0.05, 0) is 23.3 Å². The van der Waals surface area contributed by atoms with Gasteiger partial charge in [-0.15, -0.1) is 11.8 Å². The third-order valence-electron chi connectivity index (χ3n) is 4.10. The van der Waals surface area contributed by atoms with E-state index in [4.69, 9.17) is 16.3 Å². The number of benzene rings is 2. The maximum atomic E-state index is 6.07. The SMILES string of the molecule is Clc1ccc([C@@H]2SC[C@H]3CO[C@@H](c4ccccc4)N32)cc1. The largest absolute Gasteiger partial charge is 0.357 e. The summed E-state index contributed by atoms with van der Waals surface area (Å²) < 4.78 is 6.07. The molecule has 21 heavy (non-hydrogen) atoms. The second kappa shape index (κ2) is 5.65. The Labute approximate surface area is 134 Å². The molecule has 3 atom stereocenters. The molecule has 2 nitrogen and oxygen atoms in total. The van der Waals surface area contributed by atoms with Crippen molar-refractivity contribution in [3.8, 4) is 0 Å². The first-order valence-electron chi connectivity index (χ1n) is 7.14. The van der Waals surface area contributed by atoms with E-state index in [-0.39, 0.29) is 6.23 Å². The minimum absolute atomic E-state index is 0.0619. The van der Waals surface area contributed by atoms with E-state index >= 15 is 0 Å². The quantitative estimate of drug-likeness (QED) is 0.810. The minimum Gasteiger partial charge on any atom is -0.357 e. The number of nitrogens with zero attached hydrogens (tertiary/aromatic N) is 1. The van der Waals surface area contributed by atoms with Crippen molar-refractivity contribution in [2.45, 2.75) is 17.6 Å². The molecule has 2 aromatic rings. The van der Waals surface area contributed by atoms with Crippen LogP contribution in [0.4, 0.5) is 0 Å². The highest BCUT2D eigenvalue weighted by molar-refractivity contribution is 7.99. The Morgan fingerprint density at radius 2 is 1.76 bits per heavy atom. The molecule has 0 aromatic heterocycles. The Kier molecular flexibility index (Phi) is 3.67. The van der Waals surface area contributed by atoms with Crippen LogP contribution in [0.15, 0.2) is 54.6 Å². The van der Waals surface area contributed by atoms with Gasteiger partial charge in [-0.3, -0.25) is 4.90 Å². The van der Waals surface area contributed by atoms with E-state index in [9.17, 15) is 0 Å². The Hall–Kier alpha value is -1.00. The molecular weight excluding hydrogens is 302 g/mol. The molecule has 4 heteroatoms. The summed E-state index contributed by atoms with van der Waals surface area (Å²) in [4.78, 5) is 2.50. The van der Waals surface area contributed by atoms with Gasteiger partial charge in [0.05, 0.1) is 12.0 Å². The maximum absolute atomic E-state index is 6.07. The molecule has 2 fully saturated rings. The van der Waals surface area contributed by atoms with Crippen molar-refractivity contribution in [2.24, 2.45) is 0 Å². The Bertz CT molecular complexity index is 618. The van der Waals surface area contributed by atoms with E-state index in [1.807, 2.05) is 30.0 Å². The van der Waals surface area contributed by atoms with Crippen LogP contribution in [-0.2, 0) is 4.74 Å². The van der Waals surface area contributed by atoms with Crippen molar-refractivity contribution >= 4 is 23.4 Å². The number of rotatable bonds is 2. The van der Waals surface area contributed by atoms with Crippen LogP contribution in [0, 0.1) is 0 Å². The van der Waals surface area contributed by atoms with Crippen LogP contribution in [0.5, 0.6) is 0 Å². The molecule has 0 radical (unpaired) electrons. The van der Waals surface area contributed by atoms with Gasteiger partial charge in [-0.2, -0.15) is 0 Å². The molecule has 2 saturated heterocycles. The van der Waals surface area contributed by atoms with Gasteiger partial charge in [0.15, 0.2) is 0 Å². The fourth-order valence-electron chi connectivity index (χ4n) is 3.08. The van der Waals surface area contributed by atoms with Gasteiger partial charge in [0.1, 0.15) is 6.23 Å². The van der Waals surface area contributed by atoms with Crippen LogP contribution >= 0.6 is 23.4 Å². The van der Waals surface area contributed by atoms with E-state index < -0.39 is 0 Å². The summed E-state index contributed by atoms with van der Waals surface area (Å²) in [7, 11) is 0. The Balaban J connectivity index is 1.66. The van der Waals surface area contributed by atoms with Crippen molar-refractivity contribution < 1.29 is 4.74 Å². The zero-order valence-corrected chi connectivity index (χ0v) is 13.1. The smallest absolute Gasteiger partial charge is 0.138 e. The molecule has 0 bridgehead atoms. The molecule has 0 N–H and O–H groups in total. The molecule has 108 valence electrons. The topological polar surface area (TPSA) is 12.5 Å². The lowest BCUT2D eigenvalue weighted by Gasteiger charge is -2.28. The van der Waals surface area contributed by atoms with Crippen LogP contribution in [0.25, 0.3) is 0 Å². The fourth-order valence-corrected chi connectivity index (χ4v) is 4.69. The number of halogens is 1. The van der Waals surface area contributed by atoms with Gasteiger partial charge in [0.25, 0.3) is 0 Å². The lowest BCUT2D eigenvalue weighted by Crippen LogP contribution is -2.30. The van der Waals surface area contributed by atoms with Gasteiger partial charge in [0, 0.05) is 16.8 Å². The molecule has 4 rings (SSSR count). The molecule has 0 spiro atoms. The zero-order valence-electron chi connectivity index (χ0n) is 11.5. The molecule has 0 unspecified atom stereocenters. The second-order valence-corrected chi connectivity index (χ2v) is 6.98. The summed E-state index contributed by atoms with van der Waals surface area (Å²) in [5.41, 5.74) is 2.54. The predicted octanol–water partition coefficient (Wildman–Crippen LogP) is 4.49. The molecule has 2 heterocycles. The summed E-state index contributed by atoms with van der Waals surface area (Å²) in [6.45, 7) is 0.816. The zero-order chi connectivity index (χ0) is 14.2. The van der Waals surface area contributed by atoms with Crippen LogP contribution in [0.1, 0.15) is 22.7 Å². The lowest BCUT2D eigenvalue weighted by molar-refractivity contribution is 0.0258. The molecular formula is C17H16ClNOS. The van der Waals surface area contributed by atoms with Crippen LogP contribution in [0.3, 0.4) is 0 Å². The first kappa shape index (κ1) is 13.6. The lowest BCUT2D eigenvalue weighted by atomic mass is 10.1. The predicted molar refractivity (Wildman–Crippen MR) is 87.4 cm³/mol. The highest BCUT2D eigenvalue weighted by Gasteiger charge is 2.45. The van der Waals surface area contributed by atoms with Gasteiger partial charge >= 0.3 is 0 Å². The summed E-state index contributed by atoms with van der Waals surface area (Å²) >= 11 is 8.00. The van der Waals surface area contributed by atoms with E-state index in [0.29, 0.717) is 11.4 Å². The normalized spacial score (nSPS) is 28.7. The van der Waals surface area contributed by atoms with Crippen molar-refractivity contribution in [1.82, 2.24) is 4.90 Å². The third-order valence-corrected chi connectivity index (χ3v) is 5.76. The summed E-state index contributed by atoms with van der Waals surface area (Å²) in [5, 5.41) is 1.13.